The van der Waals surface area contributed by atoms with E-state index < -0.39 is 5.60 Å². The van der Waals surface area contributed by atoms with Gasteiger partial charge in [0.25, 0.3) is 0 Å². The molecule has 0 saturated carbocycles. The minimum atomic E-state index is -0.692. The van der Waals surface area contributed by atoms with Gasteiger partial charge in [0.15, 0.2) is 11.5 Å². The predicted molar refractivity (Wildman–Crippen MR) is 73.4 cm³/mol. The van der Waals surface area contributed by atoms with Crippen LogP contribution in [0.25, 0.3) is 6.08 Å². The molecule has 0 unspecified atom stereocenters. The summed E-state index contributed by atoms with van der Waals surface area (Å²) in [6.07, 6.45) is 3.93. The highest BCUT2D eigenvalue weighted by atomic mass is 16.7. The van der Waals surface area contributed by atoms with Gasteiger partial charge < -0.3 is 19.5 Å². The topological polar surface area (TPSA) is 59.0 Å². The molecule has 0 radical (unpaired) electrons. The fourth-order valence-corrected chi connectivity index (χ4v) is 2.33. The van der Waals surface area contributed by atoms with Crippen LogP contribution in [0.3, 0.4) is 0 Å². The van der Waals surface area contributed by atoms with Gasteiger partial charge in [-0.05, 0) is 30.2 Å². The van der Waals surface area contributed by atoms with Crippen molar-refractivity contribution >= 4 is 12.0 Å². The van der Waals surface area contributed by atoms with E-state index >= 15 is 0 Å². The molecule has 1 aromatic carbocycles. The Bertz CT molecular complexity index is 561. The third-order valence-electron chi connectivity index (χ3n) is 3.76. The molecule has 0 spiro atoms. The minimum absolute atomic E-state index is 0.0826. The molecule has 3 rings (SSSR count). The molecule has 2 aliphatic rings. The molecule has 1 aromatic rings. The highest BCUT2D eigenvalue weighted by Crippen LogP contribution is 2.32. The number of ether oxygens (including phenoxy) is 2. The number of aliphatic hydroxyl groups is 1. The van der Waals surface area contributed by atoms with E-state index in [0.717, 1.165) is 11.3 Å². The molecule has 1 fully saturated rings. The first-order valence-corrected chi connectivity index (χ1v) is 6.69. The fraction of sp³-hybridized carbons (Fsp3) is 0.400. The largest absolute Gasteiger partial charge is 0.454 e. The maximum Gasteiger partial charge on any atom is 0.246 e. The number of rotatable bonds is 3. The van der Waals surface area contributed by atoms with Crippen LogP contribution in [0.5, 0.6) is 11.5 Å². The Morgan fingerprint density at radius 2 is 2.15 bits per heavy atom. The van der Waals surface area contributed by atoms with Gasteiger partial charge in [-0.2, -0.15) is 0 Å². The Balaban J connectivity index is 1.62. The summed E-state index contributed by atoms with van der Waals surface area (Å²) >= 11 is 0. The molecular weight excluding hydrogens is 258 g/mol. The summed E-state index contributed by atoms with van der Waals surface area (Å²) in [6, 6.07) is 5.53. The number of amides is 1. The molecule has 5 nitrogen and oxygen atoms in total. The lowest BCUT2D eigenvalue weighted by atomic mass is 9.91. The van der Waals surface area contributed by atoms with Crippen molar-refractivity contribution in [2.75, 3.05) is 19.9 Å². The Morgan fingerprint density at radius 3 is 2.90 bits per heavy atom. The van der Waals surface area contributed by atoms with Gasteiger partial charge in [0, 0.05) is 6.08 Å². The van der Waals surface area contributed by atoms with E-state index in [0.29, 0.717) is 25.3 Å². The molecule has 0 aromatic heterocycles. The first-order valence-electron chi connectivity index (χ1n) is 6.69. The number of nitrogens with zero attached hydrogens (tertiary/aromatic N) is 1. The standard InChI is InChI=1S/C15H17NO4/c1-2-15(18)8-16(9-15)14(17)6-4-11-3-5-12-13(7-11)20-10-19-12/h3-7,18H,2,8-10H2,1H3. The first-order chi connectivity index (χ1) is 9.59. The van der Waals surface area contributed by atoms with Gasteiger partial charge in [0.05, 0.1) is 18.7 Å². The molecule has 1 saturated heterocycles. The van der Waals surface area contributed by atoms with Gasteiger partial charge in [-0.25, -0.2) is 0 Å². The zero-order valence-electron chi connectivity index (χ0n) is 11.3. The van der Waals surface area contributed by atoms with E-state index in [2.05, 4.69) is 0 Å². The summed E-state index contributed by atoms with van der Waals surface area (Å²) in [6.45, 7) is 2.98. The van der Waals surface area contributed by atoms with Crippen molar-refractivity contribution in [2.45, 2.75) is 18.9 Å². The molecular formula is C15H17NO4. The molecule has 2 heterocycles. The van der Waals surface area contributed by atoms with Crippen molar-refractivity contribution in [3.63, 3.8) is 0 Å². The van der Waals surface area contributed by atoms with E-state index in [1.165, 1.54) is 6.08 Å². The van der Waals surface area contributed by atoms with Crippen molar-refractivity contribution in [3.05, 3.63) is 29.8 Å². The number of hydrogen-bond acceptors (Lipinski definition) is 4. The fourth-order valence-electron chi connectivity index (χ4n) is 2.33. The van der Waals surface area contributed by atoms with Gasteiger partial charge in [-0.15, -0.1) is 0 Å². The van der Waals surface area contributed by atoms with E-state index in [1.54, 1.807) is 11.0 Å². The molecule has 5 heteroatoms. The van der Waals surface area contributed by atoms with Crippen LogP contribution >= 0.6 is 0 Å². The van der Waals surface area contributed by atoms with Gasteiger partial charge in [-0.3, -0.25) is 4.79 Å². The van der Waals surface area contributed by atoms with Crippen molar-refractivity contribution in [1.29, 1.82) is 0 Å². The van der Waals surface area contributed by atoms with Crippen LogP contribution in [0.2, 0.25) is 0 Å². The SMILES string of the molecule is CCC1(O)CN(C(=O)C=Cc2ccc3c(c2)OCO3)C1. The number of hydrogen-bond donors (Lipinski definition) is 1. The number of fused-ring (bicyclic) bond motifs is 1. The first kappa shape index (κ1) is 13.0. The summed E-state index contributed by atoms with van der Waals surface area (Å²) in [4.78, 5) is 13.5. The molecule has 0 atom stereocenters. The zero-order chi connectivity index (χ0) is 14.2. The normalized spacial score (nSPS) is 19.2. The van der Waals surface area contributed by atoms with Gasteiger partial charge in [-0.1, -0.05) is 13.0 Å². The van der Waals surface area contributed by atoms with Crippen LogP contribution in [-0.2, 0) is 4.79 Å². The third kappa shape index (κ3) is 2.36. The van der Waals surface area contributed by atoms with Crippen LogP contribution < -0.4 is 9.47 Å². The molecule has 0 bridgehead atoms. The average molecular weight is 275 g/mol. The zero-order valence-corrected chi connectivity index (χ0v) is 11.3. The summed E-state index contributed by atoms with van der Waals surface area (Å²) in [5.74, 6) is 1.34. The van der Waals surface area contributed by atoms with Crippen molar-refractivity contribution in [3.8, 4) is 11.5 Å². The Hall–Kier alpha value is -2.01. The molecule has 0 aliphatic carbocycles. The lowest BCUT2D eigenvalue weighted by molar-refractivity contribution is -0.150. The highest BCUT2D eigenvalue weighted by molar-refractivity contribution is 5.92. The second-order valence-corrected chi connectivity index (χ2v) is 5.22. The number of benzene rings is 1. The second kappa shape index (κ2) is 4.83. The van der Waals surface area contributed by atoms with Crippen LogP contribution in [0, 0.1) is 0 Å². The second-order valence-electron chi connectivity index (χ2n) is 5.22. The minimum Gasteiger partial charge on any atom is -0.454 e. The Morgan fingerprint density at radius 1 is 1.40 bits per heavy atom. The predicted octanol–water partition coefficient (Wildman–Crippen LogP) is 1.41. The van der Waals surface area contributed by atoms with Crippen molar-refractivity contribution < 1.29 is 19.4 Å². The van der Waals surface area contributed by atoms with E-state index in [4.69, 9.17) is 9.47 Å². The van der Waals surface area contributed by atoms with E-state index in [9.17, 15) is 9.90 Å². The number of carbonyl (C=O) groups excluding carboxylic acids is 1. The smallest absolute Gasteiger partial charge is 0.246 e. The van der Waals surface area contributed by atoms with Crippen LogP contribution in [0.4, 0.5) is 0 Å². The van der Waals surface area contributed by atoms with Gasteiger partial charge >= 0.3 is 0 Å². The van der Waals surface area contributed by atoms with Crippen LogP contribution in [0.1, 0.15) is 18.9 Å². The molecule has 20 heavy (non-hydrogen) atoms. The van der Waals surface area contributed by atoms with Crippen LogP contribution in [-0.4, -0.2) is 41.4 Å². The van der Waals surface area contributed by atoms with Gasteiger partial charge in [0.1, 0.15) is 0 Å². The number of carbonyl (C=O) groups is 1. The maximum absolute atomic E-state index is 11.9. The lowest BCUT2D eigenvalue weighted by Crippen LogP contribution is -2.62. The van der Waals surface area contributed by atoms with E-state index in [1.807, 2.05) is 25.1 Å². The summed E-state index contributed by atoms with van der Waals surface area (Å²) < 4.78 is 10.5. The quantitative estimate of drug-likeness (QED) is 0.847. The number of β-amino-alcohol motifs (C(OH)–C–C–N with tert-alkyl or cyclic N) is 1. The summed E-state index contributed by atoms with van der Waals surface area (Å²) in [5, 5.41) is 9.88. The third-order valence-corrected chi connectivity index (χ3v) is 3.76. The van der Waals surface area contributed by atoms with Crippen molar-refractivity contribution in [1.82, 2.24) is 4.90 Å². The number of likely N-dealkylation sites (tertiary alicyclic amines) is 1. The highest BCUT2D eigenvalue weighted by Gasteiger charge is 2.41. The van der Waals surface area contributed by atoms with Gasteiger partial charge in [0.2, 0.25) is 12.7 Å². The molecule has 106 valence electrons. The van der Waals surface area contributed by atoms with E-state index in [-0.39, 0.29) is 12.7 Å². The average Bonchev–Trinajstić information content (AvgIpc) is 2.88. The monoisotopic (exact) mass is 275 g/mol. The van der Waals surface area contributed by atoms with Crippen molar-refractivity contribution in [2.24, 2.45) is 0 Å². The Kier molecular flexibility index (Phi) is 3.14. The lowest BCUT2D eigenvalue weighted by Gasteiger charge is -2.45. The summed E-state index contributed by atoms with van der Waals surface area (Å²) in [7, 11) is 0. The molecule has 1 amide bonds. The van der Waals surface area contributed by atoms with Crippen LogP contribution in [0.15, 0.2) is 24.3 Å². The Labute approximate surface area is 117 Å². The summed E-state index contributed by atoms with van der Waals surface area (Å²) in [5.41, 5.74) is 0.191. The molecule has 2 aliphatic heterocycles. The maximum atomic E-state index is 11.9. The molecule has 1 N–H and O–H groups in total.